The van der Waals surface area contributed by atoms with Crippen LogP contribution in [-0.2, 0) is 19.1 Å². The number of hydrogen-bond acceptors (Lipinski definition) is 4. The molecule has 1 amide bonds. The van der Waals surface area contributed by atoms with Gasteiger partial charge >= 0.3 is 5.97 Å². The van der Waals surface area contributed by atoms with Crippen molar-refractivity contribution in [2.75, 3.05) is 13.2 Å². The van der Waals surface area contributed by atoms with E-state index in [1.807, 2.05) is 30.3 Å². The molecule has 1 saturated heterocycles. The summed E-state index contributed by atoms with van der Waals surface area (Å²) in [5.41, 5.74) is 1.87. The summed E-state index contributed by atoms with van der Waals surface area (Å²) in [6.45, 7) is 2.55. The molecule has 1 aromatic rings. The molecule has 0 aliphatic carbocycles. The van der Waals surface area contributed by atoms with Gasteiger partial charge in [-0.25, -0.2) is 4.79 Å². The second kappa shape index (κ2) is 5.69. The van der Waals surface area contributed by atoms with Gasteiger partial charge in [0.15, 0.2) is 0 Å². The van der Waals surface area contributed by atoms with Crippen LogP contribution in [0.15, 0.2) is 35.9 Å². The average Bonchev–Trinajstić information content (AvgIpc) is 2.98. The van der Waals surface area contributed by atoms with Gasteiger partial charge in [-0.3, -0.25) is 4.79 Å². The summed E-state index contributed by atoms with van der Waals surface area (Å²) in [5.74, 6) is -0.797. The number of amides is 1. The molecular formula is C16H17NO4. The van der Waals surface area contributed by atoms with E-state index in [1.54, 1.807) is 6.92 Å². The van der Waals surface area contributed by atoms with E-state index >= 15 is 0 Å². The van der Waals surface area contributed by atoms with Crippen molar-refractivity contribution < 1.29 is 19.1 Å². The van der Waals surface area contributed by atoms with E-state index in [2.05, 4.69) is 5.32 Å². The molecule has 21 heavy (non-hydrogen) atoms. The van der Waals surface area contributed by atoms with Crippen LogP contribution in [0, 0.1) is 5.92 Å². The van der Waals surface area contributed by atoms with Crippen LogP contribution in [-0.4, -0.2) is 31.2 Å². The molecule has 3 rings (SSSR count). The van der Waals surface area contributed by atoms with Gasteiger partial charge in [0.05, 0.1) is 17.9 Å². The van der Waals surface area contributed by atoms with Crippen molar-refractivity contribution in [2.24, 2.45) is 5.92 Å². The minimum Gasteiger partial charge on any atom is -0.463 e. The Morgan fingerprint density at radius 1 is 1.38 bits per heavy atom. The number of fused-ring (bicyclic) bond motifs is 1. The molecule has 1 aromatic carbocycles. The Balaban J connectivity index is 2.10. The number of hydrogen-bond donors (Lipinski definition) is 1. The SMILES string of the molecule is CCOC(=O)C1=C(c2ccccc2)NC(=O)[C@H]2OCC[C@@H]12. The topological polar surface area (TPSA) is 64.6 Å². The van der Waals surface area contributed by atoms with E-state index in [0.29, 0.717) is 30.9 Å². The quantitative estimate of drug-likeness (QED) is 0.856. The zero-order valence-corrected chi connectivity index (χ0v) is 11.8. The maximum absolute atomic E-state index is 12.3. The first kappa shape index (κ1) is 13.8. The van der Waals surface area contributed by atoms with Gasteiger partial charge < -0.3 is 14.8 Å². The third-order valence-corrected chi connectivity index (χ3v) is 3.80. The van der Waals surface area contributed by atoms with E-state index in [4.69, 9.17) is 9.47 Å². The highest BCUT2D eigenvalue weighted by Gasteiger charge is 2.45. The van der Waals surface area contributed by atoms with Crippen LogP contribution in [0.25, 0.3) is 5.70 Å². The fourth-order valence-corrected chi connectivity index (χ4v) is 2.89. The first-order valence-corrected chi connectivity index (χ1v) is 7.11. The Kier molecular flexibility index (Phi) is 3.75. The summed E-state index contributed by atoms with van der Waals surface area (Å²) < 4.78 is 10.6. The summed E-state index contributed by atoms with van der Waals surface area (Å²) in [6.07, 6.45) is 0.0691. The van der Waals surface area contributed by atoms with Gasteiger partial charge in [0.25, 0.3) is 5.91 Å². The van der Waals surface area contributed by atoms with E-state index in [0.717, 1.165) is 5.56 Å². The van der Waals surface area contributed by atoms with Crippen LogP contribution in [0.2, 0.25) is 0 Å². The lowest BCUT2D eigenvalue weighted by atomic mass is 9.85. The predicted molar refractivity (Wildman–Crippen MR) is 76.0 cm³/mol. The summed E-state index contributed by atoms with van der Waals surface area (Å²) >= 11 is 0. The second-order valence-corrected chi connectivity index (χ2v) is 5.05. The van der Waals surface area contributed by atoms with Crippen LogP contribution in [0.1, 0.15) is 18.9 Å². The highest BCUT2D eigenvalue weighted by Crippen LogP contribution is 2.36. The Labute approximate surface area is 122 Å². The van der Waals surface area contributed by atoms with Crippen LogP contribution >= 0.6 is 0 Å². The third kappa shape index (κ3) is 2.45. The zero-order chi connectivity index (χ0) is 14.8. The van der Waals surface area contributed by atoms with E-state index in [-0.39, 0.29) is 17.8 Å². The molecule has 0 radical (unpaired) electrons. The Morgan fingerprint density at radius 2 is 2.14 bits per heavy atom. The standard InChI is InChI=1S/C16H17NO4/c1-2-20-16(19)12-11-8-9-21-14(11)15(18)17-13(12)10-6-4-3-5-7-10/h3-7,11,14H,2,8-9H2,1H3,(H,17,18)/t11-,14-/m0/s1. The highest BCUT2D eigenvalue weighted by atomic mass is 16.5. The zero-order valence-electron chi connectivity index (χ0n) is 11.8. The van der Waals surface area contributed by atoms with Crippen molar-refractivity contribution in [1.82, 2.24) is 5.32 Å². The number of ether oxygens (including phenoxy) is 2. The van der Waals surface area contributed by atoms with Crippen LogP contribution in [0.4, 0.5) is 0 Å². The summed E-state index contributed by atoms with van der Waals surface area (Å²) in [4.78, 5) is 24.5. The Hall–Kier alpha value is -2.14. The monoisotopic (exact) mass is 287 g/mol. The molecule has 0 bridgehead atoms. The Morgan fingerprint density at radius 3 is 2.86 bits per heavy atom. The lowest BCUT2D eigenvalue weighted by molar-refractivity contribution is -0.140. The number of nitrogens with one attached hydrogen (secondary N) is 1. The third-order valence-electron chi connectivity index (χ3n) is 3.80. The summed E-state index contributed by atoms with van der Waals surface area (Å²) in [6, 6.07) is 9.36. The largest absolute Gasteiger partial charge is 0.463 e. The van der Waals surface area contributed by atoms with Gasteiger partial charge in [0, 0.05) is 12.5 Å². The van der Waals surface area contributed by atoms with Gasteiger partial charge in [-0.1, -0.05) is 30.3 Å². The highest BCUT2D eigenvalue weighted by molar-refractivity contribution is 6.05. The minimum atomic E-state index is -0.586. The van der Waals surface area contributed by atoms with E-state index in [9.17, 15) is 9.59 Å². The number of rotatable bonds is 3. The molecule has 0 unspecified atom stereocenters. The van der Waals surface area contributed by atoms with Gasteiger partial charge in [-0.15, -0.1) is 0 Å². The van der Waals surface area contributed by atoms with Crippen molar-refractivity contribution in [3.63, 3.8) is 0 Å². The minimum absolute atomic E-state index is 0.190. The maximum atomic E-state index is 12.3. The van der Waals surface area contributed by atoms with Crippen LogP contribution in [0.3, 0.4) is 0 Å². The number of benzene rings is 1. The van der Waals surface area contributed by atoms with Crippen molar-refractivity contribution >= 4 is 17.6 Å². The first-order valence-electron chi connectivity index (χ1n) is 7.11. The van der Waals surface area contributed by atoms with Crippen molar-refractivity contribution in [1.29, 1.82) is 0 Å². The average molecular weight is 287 g/mol. The maximum Gasteiger partial charge on any atom is 0.336 e. The lowest BCUT2D eigenvalue weighted by Crippen LogP contribution is -2.44. The normalized spacial score (nSPS) is 24.5. The predicted octanol–water partition coefficient (Wildman–Crippen LogP) is 1.50. The molecular weight excluding hydrogens is 270 g/mol. The number of carbonyl (C=O) groups is 2. The number of carbonyl (C=O) groups excluding carboxylic acids is 2. The van der Waals surface area contributed by atoms with Crippen LogP contribution in [0.5, 0.6) is 0 Å². The van der Waals surface area contributed by atoms with E-state index < -0.39 is 6.10 Å². The fraction of sp³-hybridized carbons (Fsp3) is 0.375. The van der Waals surface area contributed by atoms with Crippen LogP contribution < -0.4 is 5.32 Å². The lowest BCUT2D eigenvalue weighted by Gasteiger charge is -2.28. The van der Waals surface area contributed by atoms with Gasteiger partial charge in [0.2, 0.25) is 0 Å². The molecule has 0 aromatic heterocycles. The van der Waals surface area contributed by atoms with Gasteiger partial charge in [-0.2, -0.15) is 0 Å². The smallest absolute Gasteiger partial charge is 0.336 e. The van der Waals surface area contributed by atoms with Crippen molar-refractivity contribution in [3.05, 3.63) is 41.5 Å². The van der Waals surface area contributed by atoms with Gasteiger partial charge in [-0.05, 0) is 18.9 Å². The molecule has 1 N–H and O–H groups in total. The second-order valence-electron chi connectivity index (χ2n) is 5.05. The molecule has 1 fully saturated rings. The van der Waals surface area contributed by atoms with E-state index in [1.165, 1.54) is 0 Å². The molecule has 5 nitrogen and oxygen atoms in total. The summed E-state index contributed by atoms with van der Waals surface area (Å²) in [7, 11) is 0. The molecule has 2 atom stereocenters. The molecule has 2 heterocycles. The molecule has 110 valence electrons. The number of esters is 1. The van der Waals surface area contributed by atoms with Gasteiger partial charge in [0.1, 0.15) is 6.10 Å². The molecule has 2 aliphatic rings. The summed E-state index contributed by atoms with van der Waals surface area (Å²) in [5, 5.41) is 2.81. The molecule has 0 saturated carbocycles. The van der Waals surface area contributed by atoms with Crippen molar-refractivity contribution in [3.8, 4) is 0 Å². The van der Waals surface area contributed by atoms with Crippen molar-refractivity contribution in [2.45, 2.75) is 19.4 Å². The Bertz CT molecular complexity index is 594. The molecule has 5 heteroatoms. The first-order chi connectivity index (χ1) is 10.2. The fourth-order valence-electron chi connectivity index (χ4n) is 2.89. The molecule has 2 aliphatic heterocycles. The molecule has 0 spiro atoms.